The Kier molecular flexibility index (Phi) is 4.93. The maximum Gasteiger partial charge on any atom is 0.267 e. The summed E-state index contributed by atoms with van der Waals surface area (Å²) in [6.45, 7) is 3.63. The number of hydrogen-bond donors (Lipinski definition) is 1. The molecule has 0 radical (unpaired) electrons. The van der Waals surface area contributed by atoms with E-state index in [-0.39, 0.29) is 12.3 Å². The van der Waals surface area contributed by atoms with Crippen molar-refractivity contribution in [3.05, 3.63) is 29.8 Å². The molecule has 1 N–H and O–H groups in total. The summed E-state index contributed by atoms with van der Waals surface area (Å²) in [5.74, 6) is -3.39. The molecule has 1 heterocycles. The van der Waals surface area contributed by atoms with Crippen molar-refractivity contribution in [1.29, 1.82) is 0 Å². The average molecular weight is 360 g/mol. The minimum absolute atomic E-state index is 0.244. The van der Waals surface area contributed by atoms with E-state index in [1.807, 2.05) is 6.92 Å². The van der Waals surface area contributed by atoms with Gasteiger partial charge in [0.2, 0.25) is 5.91 Å². The van der Waals surface area contributed by atoms with Gasteiger partial charge in [-0.05, 0) is 31.9 Å². The molecule has 9 heteroatoms. The van der Waals surface area contributed by atoms with Crippen molar-refractivity contribution >= 4 is 21.8 Å². The third kappa shape index (κ3) is 3.26. The van der Waals surface area contributed by atoms with Crippen LogP contribution < -0.4 is 4.72 Å². The van der Waals surface area contributed by atoms with Crippen LogP contribution in [0.1, 0.15) is 33.1 Å². The van der Waals surface area contributed by atoms with Gasteiger partial charge in [0.1, 0.15) is 22.1 Å². The van der Waals surface area contributed by atoms with E-state index < -0.39 is 38.0 Å². The fourth-order valence-electron chi connectivity index (χ4n) is 2.52. The summed E-state index contributed by atoms with van der Waals surface area (Å²) in [6, 6.07) is 1.94. The predicted octanol–water partition coefficient (Wildman–Crippen LogP) is 1.56. The fourth-order valence-corrected chi connectivity index (χ4v) is 3.66. The zero-order valence-electron chi connectivity index (χ0n) is 13.3. The molecule has 2 rings (SSSR count). The van der Waals surface area contributed by atoms with E-state index in [0.29, 0.717) is 25.5 Å². The summed E-state index contributed by atoms with van der Waals surface area (Å²) in [5, 5.41) is 0. The first-order valence-corrected chi connectivity index (χ1v) is 8.93. The molecule has 0 aromatic heterocycles. The zero-order chi connectivity index (χ0) is 18.1. The monoisotopic (exact) mass is 360 g/mol. The lowest BCUT2D eigenvalue weighted by Gasteiger charge is -2.48. The van der Waals surface area contributed by atoms with Crippen molar-refractivity contribution in [2.45, 2.75) is 43.5 Å². The zero-order valence-corrected chi connectivity index (χ0v) is 14.1. The predicted molar refractivity (Wildman–Crippen MR) is 81.3 cm³/mol. The smallest absolute Gasteiger partial charge is 0.267 e. The van der Waals surface area contributed by atoms with Gasteiger partial charge in [0.25, 0.3) is 15.9 Å². The number of likely N-dealkylation sites (tertiary alicyclic amines) is 1. The third-order valence-electron chi connectivity index (χ3n) is 4.08. The van der Waals surface area contributed by atoms with Crippen LogP contribution in [0.3, 0.4) is 0 Å². The molecular weight excluding hydrogens is 342 g/mol. The molecule has 6 nitrogen and oxygen atoms in total. The van der Waals surface area contributed by atoms with E-state index in [9.17, 15) is 26.8 Å². The average Bonchev–Trinajstić information content (AvgIpc) is 2.44. The van der Waals surface area contributed by atoms with Gasteiger partial charge >= 0.3 is 0 Å². The number of carbonyl (C=O) groups is 2. The molecule has 1 unspecified atom stereocenters. The van der Waals surface area contributed by atoms with E-state index in [4.69, 9.17) is 0 Å². The third-order valence-corrected chi connectivity index (χ3v) is 5.45. The number of hydrogen-bond acceptors (Lipinski definition) is 4. The quantitative estimate of drug-likeness (QED) is 0.864. The lowest BCUT2D eigenvalue weighted by atomic mass is 9.85. The van der Waals surface area contributed by atoms with Crippen LogP contribution in [-0.2, 0) is 19.6 Å². The summed E-state index contributed by atoms with van der Waals surface area (Å²) in [6.07, 6.45) is 1.16. The van der Waals surface area contributed by atoms with Crippen LogP contribution in [0.25, 0.3) is 0 Å². The maximum atomic E-state index is 13.7. The van der Waals surface area contributed by atoms with Crippen LogP contribution in [0.15, 0.2) is 23.1 Å². The molecule has 0 spiro atoms. The molecule has 1 aliphatic rings. The second-order valence-corrected chi connectivity index (χ2v) is 7.48. The lowest BCUT2D eigenvalue weighted by Crippen LogP contribution is -2.67. The number of carbonyl (C=O) groups excluding carboxylic acids is 2. The highest BCUT2D eigenvalue weighted by Crippen LogP contribution is 2.32. The van der Waals surface area contributed by atoms with Crippen LogP contribution >= 0.6 is 0 Å². The van der Waals surface area contributed by atoms with Crippen LogP contribution in [0.2, 0.25) is 0 Å². The molecule has 2 amide bonds. The van der Waals surface area contributed by atoms with Gasteiger partial charge in [-0.2, -0.15) is 0 Å². The maximum absolute atomic E-state index is 13.7. The second-order valence-electron chi connectivity index (χ2n) is 5.83. The first-order valence-electron chi connectivity index (χ1n) is 7.44. The molecule has 1 aromatic rings. The number of sulfonamides is 1. The lowest BCUT2D eigenvalue weighted by molar-refractivity contribution is -0.156. The van der Waals surface area contributed by atoms with Gasteiger partial charge in [-0.25, -0.2) is 21.9 Å². The summed E-state index contributed by atoms with van der Waals surface area (Å²) in [7, 11) is -4.51. The minimum atomic E-state index is -4.51. The number of nitrogens with zero attached hydrogens (tertiary/aromatic N) is 1. The van der Waals surface area contributed by atoms with E-state index >= 15 is 0 Å². The number of halogens is 2. The summed E-state index contributed by atoms with van der Waals surface area (Å²) in [4.78, 5) is 24.8. The van der Waals surface area contributed by atoms with E-state index in [0.717, 1.165) is 12.1 Å². The highest BCUT2D eigenvalue weighted by atomic mass is 32.2. The first-order chi connectivity index (χ1) is 11.1. The molecule has 132 valence electrons. The number of amides is 2. The van der Waals surface area contributed by atoms with Gasteiger partial charge in [-0.15, -0.1) is 0 Å². The van der Waals surface area contributed by atoms with Gasteiger partial charge in [-0.3, -0.25) is 9.59 Å². The Bertz CT molecular complexity index is 782. The van der Waals surface area contributed by atoms with Crippen molar-refractivity contribution in [2.75, 3.05) is 6.54 Å². The highest BCUT2D eigenvalue weighted by molar-refractivity contribution is 7.90. The molecule has 1 atom stereocenters. The number of benzene rings is 1. The van der Waals surface area contributed by atoms with Gasteiger partial charge < -0.3 is 4.90 Å². The molecule has 24 heavy (non-hydrogen) atoms. The Morgan fingerprint density at radius 3 is 2.50 bits per heavy atom. The Labute approximate surface area is 138 Å². The molecule has 1 saturated heterocycles. The van der Waals surface area contributed by atoms with Gasteiger partial charge in [0.05, 0.1) is 0 Å². The highest BCUT2D eigenvalue weighted by Gasteiger charge is 2.50. The Morgan fingerprint density at radius 1 is 1.33 bits per heavy atom. The van der Waals surface area contributed by atoms with Gasteiger partial charge in [-0.1, -0.05) is 6.92 Å². The summed E-state index contributed by atoms with van der Waals surface area (Å²) in [5.41, 5.74) is -1.30. The molecule has 1 aliphatic heterocycles. The van der Waals surface area contributed by atoms with E-state index in [1.165, 1.54) is 11.8 Å². The van der Waals surface area contributed by atoms with Gasteiger partial charge in [0.15, 0.2) is 0 Å². The fraction of sp³-hybridized carbons (Fsp3) is 0.467. The van der Waals surface area contributed by atoms with E-state index in [1.54, 1.807) is 4.72 Å². The molecule has 1 aromatic carbocycles. The molecule has 1 fully saturated rings. The topological polar surface area (TPSA) is 83.6 Å². The number of nitrogens with one attached hydrogen (secondary N) is 1. The summed E-state index contributed by atoms with van der Waals surface area (Å²) >= 11 is 0. The van der Waals surface area contributed by atoms with Crippen LogP contribution in [-0.4, -0.2) is 37.2 Å². The normalized spacial score (nSPS) is 20.4. The summed E-state index contributed by atoms with van der Waals surface area (Å²) < 4.78 is 52.7. The van der Waals surface area contributed by atoms with E-state index in [2.05, 4.69) is 0 Å². The molecular formula is C15H18F2N2O4S. The standard InChI is InChI=1S/C15H18F2N2O4S/c1-3-4-13(20)19-8-7-15(19,2)14(21)18-24(22,23)12-6-5-10(16)9-11(12)17/h5-6,9H,3-4,7-8H2,1-2H3,(H,18,21). The Balaban J connectivity index is 2.20. The molecule has 0 saturated carbocycles. The SMILES string of the molecule is CCCC(=O)N1CCC1(C)C(=O)NS(=O)(=O)c1ccc(F)cc1F. The molecule has 0 aliphatic carbocycles. The van der Waals surface area contributed by atoms with Crippen LogP contribution in [0.5, 0.6) is 0 Å². The van der Waals surface area contributed by atoms with Crippen molar-refractivity contribution in [1.82, 2.24) is 9.62 Å². The van der Waals surface area contributed by atoms with Crippen LogP contribution in [0, 0.1) is 11.6 Å². The minimum Gasteiger partial charge on any atom is -0.328 e. The van der Waals surface area contributed by atoms with Crippen molar-refractivity contribution < 1.29 is 26.8 Å². The van der Waals surface area contributed by atoms with Crippen LogP contribution in [0.4, 0.5) is 8.78 Å². The Morgan fingerprint density at radius 2 is 2.00 bits per heavy atom. The Hall–Kier alpha value is -2.03. The first kappa shape index (κ1) is 18.3. The van der Waals surface area contributed by atoms with Crippen molar-refractivity contribution in [2.24, 2.45) is 0 Å². The van der Waals surface area contributed by atoms with Crippen molar-refractivity contribution in [3.8, 4) is 0 Å². The molecule has 0 bridgehead atoms. The number of rotatable bonds is 5. The van der Waals surface area contributed by atoms with Gasteiger partial charge in [0, 0.05) is 19.0 Å². The largest absolute Gasteiger partial charge is 0.328 e. The second kappa shape index (κ2) is 6.46. The van der Waals surface area contributed by atoms with Crippen molar-refractivity contribution in [3.63, 3.8) is 0 Å².